The largest absolute Gasteiger partial charge is 0.481 e. The van der Waals surface area contributed by atoms with E-state index in [0.29, 0.717) is 23.7 Å². The molecule has 25 heavy (non-hydrogen) atoms. The number of carbonyl (C=O) groups excluding carboxylic acids is 1. The lowest BCUT2D eigenvalue weighted by molar-refractivity contribution is -0.137. The van der Waals surface area contributed by atoms with Crippen molar-refractivity contribution < 1.29 is 14.7 Å². The molecule has 7 heteroatoms. The molecule has 2 rings (SSSR count). The Labute approximate surface area is 145 Å². The number of aromatic nitrogens is 2. The first-order valence-corrected chi connectivity index (χ1v) is 8.35. The molecule has 0 spiro atoms. The van der Waals surface area contributed by atoms with Crippen LogP contribution in [0.2, 0.25) is 0 Å². The highest BCUT2D eigenvalue weighted by Crippen LogP contribution is 2.17. The topological polar surface area (TPSA) is 101 Å². The van der Waals surface area contributed by atoms with Crippen molar-refractivity contribution in [3.05, 3.63) is 40.9 Å². The van der Waals surface area contributed by atoms with E-state index in [-0.39, 0.29) is 30.3 Å². The van der Waals surface area contributed by atoms with Gasteiger partial charge in [-0.25, -0.2) is 4.98 Å². The summed E-state index contributed by atoms with van der Waals surface area (Å²) < 4.78 is 1.37. The molecule has 1 amide bonds. The highest BCUT2D eigenvalue weighted by Gasteiger charge is 2.23. The van der Waals surface area contributed by atoms with Crippen molar-refractivity contribution in [1.29, 1.82) is 0 Å². The summed E-state index contributed by atoms with van der Waals surface area (Å²) in [7, 11) is 0. The summed E-state index contributed by atoms with van der Waals surface area (Å²) in [6.07, 6.45) is 2.24. The second kappa shape index (κ2) is 8.41. The maximum Gasteiger partial charge on any atom is 0.303 e. The van der Waals surface area contributed by atoms with E-state index in [4.69, 9.17) is 5.11 Å². The molecule has 0 saturated carbocycles. The fourth-order valence-corrected chi connectivity index (χ4v) is 2.67. The van der Waals surface area contributed by atoms with Crippen molar-refractivity contribution in [3.8, 4) is 0 Å². The third-order valence-corrected chi connectivity index (χ3v) is 3.89. The maximum atomic E-state index is 12.7. The first-order chi connectivity index (χ1) is 11.9. The van der Waals surface area contributed by atoms with Gasteiger partial charge in [0.25, 0.3) is 5.56 Å². The van der Waals surface area contributed by atoms with Gasteiger partial charge in [-0.3, -0.25) is 19.0 Å². The molecule has 7 nitrogen and oxygen atoms in total. The number of nitrogens with zero attached hydrogens (tertiary/aromatic N) is 2. The summed E-state index contributed by atoms with van der Waals surface area (Å²) in [5.41, 5.74) is 0.339. The van der Waals surface area contributed by atoms with Crippen LogP contribution < -0.4 is 10.9 Å². The molecule has 1 aromatic carbocycles. The Morgan fingerprint density at radius 2 is 2.00 bits per heavy atom. The Hall–Kier alpha value is -2.70. The SMILES string of the molecule is CC(C)C[C@@H](C(=O)NCCCC(=O)O)n1cnc2ccccc2c1=O. The van der Waals surface area contributed by atoms with Crippen LogP contribution in [0.1, 0.15) is 39.2 Å². The normalized spacial score (nSPS) is 12.3. The number of aliphatic carboxylic acids is 1. The van der Waals surface area contributed by atoms with Gasteiger partial charge in [-0.2, -0.15) is 0 Å². The van der Waals surface area contributed by atoms with Gasteiger partial charge in [0.15, 0.2) is 0 Å². The summed E-state index contributed by atoms with van der Waals surface area (Å²) in [5.74, 6) is -0.991. The summed E-state index contributed by atoms with van der Waals surface area (Å²) in [4.78, 5) is 40.1. The van der Waals surface area contributed by atoms with Crippen LogP contribution in [0.25, 0.3) is 10.9 Å². The van der Waals surface area contributed by atoms with E-state index >= 15 is 0 Å². The Kier molecular flexibility index (Phi) is 6.27. The van der Waals surface area contributed by atoms with E-state index in [1.54, 1.807) is 24.3 Å². The lowest BCUT2D eigenvalue weighted by atomic mass is 10.0. The van der Waals surface area contributed by atoms with E-state index in [0.717, 1.165) is 0 Å². The molecule has 0 fully saturated rings. The van der Waals surface area contributed by atoms with Gasteiger partial charge < -0.3 is 10.4 Å². The van der Waals surface area contributed by atoms with Crippen LogP contribution in [0.3, 0.4) is 0 Å². The van der Waals surface area contributed by atoms with E-state index in [1.165, 1.54) is 10.9 Å². The van der Waals surface area contributed by atoms with E-state index < -0.39 is 12.0 Å². The summed E-state index contributed by atoms with van der Waals surface area (Å²) in [6.45, 7) is 4.21. The average molecular weight is 345 g/mol. The van der Waals surface area contributed by atoms with Gasteiger partial charge in [-0.1, -0.05) is 26.0 Å². The standard InChI is InChI=1S/C18H23N3O4/c1-12(2)10-15(17(24)19-9-5-8-16(22)23)21-11-20-14-7-4-3-6-13(14)18(21)25/h3-4,6-7,11-12,15H,5,8-10H2,1-2H3,(H,19,24)(H,22,23)/t15-/m0/s1. The van der Waals surface area contributed by atoms with Crippen molar-refractivity contribution in [2.75, 3.05) is 6.54 Å². The molecule has 1 aromatic heterocycles. The van der Waals surface area contributed by atoms with Gasteiger partial charge >= 0.3 is 5.97 Å². The van der Waals surface area contributed by atoms with Gasteiger partial charge in [0.1, 0.15) is 6.04 Å². The van der Waals surface area contributed by atoms with Gasteiger partial charge in [-0.05, 0) is 30.9 Å². The minimum absolute atomic E-state index is 0.00734. The molecule has 0 radical (unpaired) electrons. The molecule has 0 aliphatic carbocycles. The molecular formula is C18H23N3O4. The summed E-state index contributed by atoms with van der Waals surface area (Å²) in [6, 6.07) is 6.34. The van der Waals surface area contributed by atoms with Crippen molar-refractivity contribution in [3.63, 3.8) is 0 Å². The highest BCUT2D eigenvalue weighted by molar-refractivity contribution is 5.81. The van der Waals surface area contributed by atoms with Crippen molar-refractivity contribution in [1.82, 2.24) is 14.9 Å². The Morgan fingerprint density at radius 1 is 1.28 bits per heavy atom. The third-order valence-electron chi connectivity index (χ3n) is 3.89. The lowest BCUT2D eigenvalue weighted by Crippen LogP contribution is -2.38. The quantitative estimate of drug-likeness (QED) is 0.712. The number of fused-ring (bicyclic) bond motifs is 1. The smallest absolute Gasteiger partial charge is 0.303 e. The van der Waals surface area contributed by atoms with Crippen LogP contribution >= 0.6 is 0 Å². The average Bonchev–Trinajstić information content (AvgIpc) is 2.57. The van der Waals surface area contributed by atoms with Crippen molar-refractivity contribution in [2.24, 2.45) is 5.92 Å². The number of carboxylic acid groups (broad SMARTS) is 1. The highest BCUT2D eigenvalue weighted by atomic mass is 16.4. The second-order valence-corrected chi connectivity index (χ2v) is 6.41. The molecule has 1 atom stereocenters. The van der Waals surface area contributed by atoms with Gasteiger partial charge in [0, 0.05) is 13.0 Å². The maximum absolute atomic E-state index is 12.7. The van der Waals surface area contributed by atoms with Crippen LogP contribution in [0.15, 0.2) is 35.4 Å². The predicted molar refractivity (Wildman–Crippen MR) is 94.4 cm³/mol. The second-order valence-electron chi connectivity index (χ2n) is 6.41. The molecule has 0 unspecified atom stereocenters. The molecule has 1 heterocycles. The summed E-state index contributed by atoms with van der Waals surface area (Å²) >= 11 is 0. The molecule has 2 aromatic rings. The first kappa shape index (κ1) is 18.6. The number of hydrogen-bond donors (Lipinski definition) is 2. The zero-order chi connectivity index (χ0) is 18.4. The van der Waals surface area contributed by atoms with E-state index in [9.17, 15) is 14.4 Å². The number of nitrogens with one attached hydrogen (secondary N) is 1. The van der Waals surface area contributed by atoms with Crippen LogP contribution in [-0.2, 0) is 9.59 Å². The molecule has 134 valence electrons. The zero-order valence-electron chi connectivity index (χ0n) is 14.4. The fraction of sp³-hybridized carbons (Fsp3) is 0.444. The molecule has 0 aliphatic rings. The number of amides is 1. The minimum atomic E-state index is -0.900. The van der Waals surface area contributed by atoms with Crippen LogP contribution in [0.4, 0.5) is 0 Å². The van der Waals surface area contributed by atoms with Crippen LogP contribution in [0.5, 0.6) is 0 Å². The van der Waals surface area contributed by atoms with E-state index in [1.807, 2.05) is 13.8 Å². The van der Waals surface area contributed by atoms with Gasteiger partial charge in [0.05, 0.1) is 17.2 Å². The molecule has 0 aliphatic heterocycles. The van der Waals surface area contributed by atoms with E-state index in [2.05, 4.69) is 10.3 Å². The molecule has 2 N–H and O–H groups in total. The fourth-order valence-electron chi connectivity index (χ4n) is 2.67. The number of carbonyl (C=O) groups is 2. The van der Waals surface area contributed by atoms with Crippen molar-refractivity contribution >= 4 is 22.8 Å². The molecule has 0 bridgehead atoms. The van der Waals surface area contributed by atoms with Crippen LogP contribution in [-0.4, -0.2) is 33.1 Å². The number of para-hydroxylation sites is 1. The minimum Gasteiger partial charge on any atom is -0.481 e. The first-order valence-electron chi connectivity index (χ1n) is 8.35. The number of rotatable bonds is 8. The van der Waals surface area contributed by atoms with Crippen LogP contribution in [0, 0.1) is 5.92 Å². The zero-order valence-corrected chi connectivity index (χ0v) is 14.4. The third kappa shape index (κ3) is 4.89. The van der Waals surface area contributed by atoms with Gasteiger partial charge in [0.2, 0.25) is 5.91 Å². The lowest BCUT2D eigenvalue weighted by Gasteiger charge is -2.21. The Morgan fingerprint density at radius 3 is 2.68 bits per heavy atom. The number of carboxylic acids is 1. The molecule has 0 saturated heterocycles. The summed E-state index contributed by atoms with van der Waals surface area (Å²) in [5, 5.41) is 11.9. The number of hydrogen-bond acceptors (Lipinski definition) is 4. The predicted octanol–water partition coefficient (Wildman–Crippen LogP) is 1.96. The Bertz CT molecular complexity index is 813. The number of benzene rings is 1. The van der Waals surface area contributed by atoms with Crippen molar-refractivity contribution in [2.45, 2.75) is 39.2 Å². The van der Waals surface area contributed by atoms with Gasteiger partial charge in [-0.15, -0.1) is 0 Å². The monoisotopic (exact) mass is 345 g/mol. The molecular weight excluding hydrogens is 322 g/mol. The Balaban J connectivity index is 2.25.